The summed E-state index contributed by atoms with van der Waals surface area (Å²) < 4.78 is 302. The van der Waals surface area contributed by atoms with Gasteiger partial charge in [0.1, 0.15) is 52.7 Å². The summed E-state index contributed by atoms with van der Waals surface area (Å²) in [4.78, 5) is 1.84. The van der Waals surface area contributed by atoms with Crippen LogP contribution in [0.4, 0.5) is 83.4 Å². The molecular formula is C41H41BF19NO2Si. The lowest BCUT2D eigenvalue weighted by molar-refractivity contribution is -0.900. The molecule has 0 saturated heterocycles. The Morgan fingerprint density at radius 2 is 0.538 bits per heavy atom. The third-order valence-corrected chi connectivity index (χ3v) is 13.7. The van der Waals surface area contributed by atoms with Crippen molar-refractivity contribution in [3.8, 4) is 0 Å². The van der Waals surface area contributed by atoms with Crippen LogP contribution in [0.5, 0.6) is 0 Å². The lowest BCUT2D eigenvalue weighted by atomic mass is 9.12. The van der Waals surface area contributed by atoms with Crippen molar-refractivity contribution in [2.45, 2.75) is 79.7 Å². The topological polar surface area (TPSA) is 22.9 Å². The Bertz CT molecular complexity index is 2080. The maximum absolute atomic E-state index is 16.5. The van der Waals surface area contributed by atoms with Gasteiger partial charge in [-0.25, -0.2) is 83.4 Å². The van der Waals surface area contributed by atoms with Crippen LogP contribution in [-0.2, 0) is 8.85 Å². The normalized spacial score (nSPS) is 12.1. The quantitative estimate of drug-likeness (QED) is 0.0470. The van der Waals surface area contributed by atoms with Gasteiger partial charge in [0.2, 0.25) is 0 Å². The first kappa shape index (κ1) is 55.0. The SMILES string of the molecule is CCCC[NH+](CCCC)CCCC.CCO[Si](C)(OCC)c1c(F)c(F)c([B-](c2c(F)c(F)c(F)c(F)c2F)(c2c(F)c(F)c(F)c(F)c2F)c2c(F)c(F)c(F)c(F)c2F)c(F)c1F. The molecular weight excluding hydrogens is 938 g/mol. The van der Waals surface area contributed by atoms with Crippen LogP contribution in [0.3, 0.4) is 0 Å². The smallest absolute Gasteiger partial charge is 0.375 e. The van der Waals surface area contributed by atoms with E-state index in [-0.39, 0.29) is 0 Å². The molecule has 0 aliphatic carbocycles. The minimum Gasteiger partial charge on any atom is -0.391 e. The summed E-state index contributed by atoms with van der Waals surface area (Å²) in [6.45, 7) is 12.8. The van der Waals surface area contributed by atoms with Crippen molar-refractivity contribution in [1.82, 2.24) is 0 Å². The Labute approximate surface area is 361 Å². The summed E-state index contributed by atoms with van der Waals surface area (Å²) in [5.41, 5.74) is -13.9. The van der Waals surface area contributed by atoms with E-state index >= 15 is 43.9 Å². The van der Waals surface area contributed by atoms with Crippen LogP contribution < -0.4 is 31.9 Å². The zero-order chi connectivity index (χ0) is 49.6. The molecule has 0 aromatic heterocycles. The van der Waals surface area contributed by atoms with Crippen molar-refractivity contribution in [1.29, 1.82) is 0 Å². The second-order valence-corrected chi connectivity index (χ2v) is 17.7. The molecule has 0 radical (unpaired) electrons. The average molecular weight is 980 g/mol. The fourth-order valence-electron chi connectivity index (χ4n) is 7.69. The van der Waals surface area contributed by atoms with Gasteiger partial charge in [0, 0.05) is 13.2 Å². The number of hydrogen-bond donors (Lipinski definition) is 1. The molecule has 362 valence electrons. The first-order valence-electron chi connectivity index (χ1n) is 20.1. The molecule has 0 aliphatic rings. The molecule has 0 atom stereocenters. The Balaban J connectivity index is 0.000000747. The zero-order valence-corrected chi connectivity index (χ0v) is 36.4. The third-order valence-electron chi connectivity index (χ3n) is 10.7. The van der Waals surface area contributed by atoms with Crippen LogP contribution in [-0.4, -0.2) is 47.6 Å². The number of halogens is 19. The van der Waals surface area contributed by atoms with E-state index in [1.54, 1.807) is 0 Å². The largest absolute Gasteiger partial charge is 0.391 e. The van der Waals surface area contributed by atoms with Gasteiger partial charge in [-0.2, -0.15) is 0 Å². The summed E-state index contributed by atoms with van der Waals surface area (Å²) in [7, 11) is -4.92. The molecule has 1 N–H and O–H groups in total. The number of nitrogens with one attached hydrogen (secondary N) is 1. The standard InChI is InChI=1S/C29H13BF19O2Si.C12H27N/c1-4-50-52(3,51-5-2)29-27(48)16(37)9(17(38)28(29)49)30(6-10(31)18(39)24(45)19(40)11(6)32,7-12(33)20(41)25(46)21(42)13(7)34)8-14(35)22(43)26(47)23(44)15(8)36;1-4-7-10-13(11-8-5-2)12-9-6-3/h4-5H2,1-3H3;4-12H2,1-3H3/q-1;/p+1. The number of rotatable bonds is 18. The molecule has 0 saturated carbocycles. The molecule has 24 heteroatoms. The van der Waals surface area contributed by atoms with Gasteiger partial charge in [-0.1, -0.05) is 40.0 Å². The highest BCUT2D eigenvalue weighted by molar-refractivity contribution is 7.20. The molecule has 0 spiro atoms. The van der Waals surface area contributed by atoms with E-state index in [1.807, 2.05) is 4.90 Å². The highest BCUT2D eigenvalue weighted by atomic mass is 28.4. The van der Waals surface area contributed by atoms with Gasteiger partial charge in [0.05, 0.1) is 24.8 Å². The van der Waals surface area contributed by atoms with Crippen LogP contribution >= 0.6 is 0 Å². The first-order chi connectivity index (χ1) is 30.4. The fraction of sp³-hybridized carbons (Fsp3) is 0.415. The summed E-state index contributed by atoms with van der Waals surface area (Å²) in [5.74, 6) is -65.6. The molecule has 0 amide bonds. The van der Waals surface area contributed by atoms with Crippen LogP contribution in [0, 0.1) is 111 Å². The third kappa shape index (κ3) is 9.90. The van der Waals surface area contributed by atoms with E-state index in [9.17, 15) is 39.5 Å². The lowest BCUT2D eigenvalue weighted by Gasteiger charge is -2.45. The molecule has 4 aromatic carbocycles. The van der Waals surface area contributed by atoms with Crippen LogP contribution in [0.15, 0.2) is 0 Å². The van der Waals surface area contributed by atoms with E-state index in [1.165, 1.54) is 58.2 Å². The average Bonchev–Trinajstić information content (AvgIpc) is 3.27. The summed E-state index contributed by atoms with van der Waals surface area (Å²) in [6, 6.07) is 0. The minimum atomic E-state index is -7.18. The zero-order valence-electron chi connectivity index (χ0n) is 35.4. The monoisotopic (exact) mass is 979 g/mol. The number of hydrogen-bond acceptors (Lipinski definition) is 2. The van der Waals surface area contributed by atoms with Gasteiger partial charge in [0.25, 0.3) is 0 Å². The van der Waals surface area contributed by atoms with E-state index in [0.717, 1.165) is 13.8 Å². The minimum absolute atomic E-state index is 0.597. The van der Waals surface area contributed by atoms with Gasteiger partial charge in [0.15, 0.2) is 64.0 Å². The van der Waals surface area contributed by atoms with Gasteiger partial charge < -0.3 is 13.8 Å². The van der Waals surface area contributed by atoms with Crippen molar-refractivity contribution in [2.75, 3.05) is 32.8 Å². The molecule has 0 unspecified atom stereocenters. The summed E-state index contributed by atoms with van der Waals surface area (Å²) in [6.07, 6.45) is 1.09. The van der Waals surface area contributed by atoms with E-state index in [0.29, 0.717) is 6.55 Å². The molecule has 65 heavy (non-hydrogen) atoms. The maximum Gasteiger partial charge on any atom is 0.375 e. The summed E-state index contributed by atoms with van der Waals surface area (Å²) >= 11 is 0. The Hall–Kier alpha value is -4.29. The number of quaternary nitrogens is 1. The van der Waals surface area contributed by atoms with E-state index in [4.69, 9.17) is 8.85 Å². The van der Waals surface area contributed by atoms with Crippen molar-refractivity contribution >= 4 is 41.7 Å². The van der Waals surface area contributed by atoms with E-state index in [2.05, 4.69) is 20.8 Å². The Morgan fingerprint density at radius 1 is 0.338 bits per heavy atom. The van der Waals surface area contributed by atoms with Gasteiger partial charge in [-0.05, 0) is 39.7 Å². The fourth-order valence-corrected chi connectivity index (χ4v) is 10.2. The van der Waals surface area contributed by atoms with Crippen LogP contribution in [0.1, 0.15) is 73.1 Å². The molecule has 0 aliphatic heterocycles. The van der Waals surface area contributed by atoms with Gasteiger partial charge in [-0.3, -0.25) is 0 Å². The van der Waals surface area contributed by atoms with Crippen LogP contribution in [0.25, 0.3) is 0 Å². The van der Waals surface area contributed by atoms with Crippen LogP contribution in [0.2, 0.25) is 6.55 Å². The predicted octanol–water partition coefficient (Wildman–Crippen LogP) is 8.33. The Kier molecular flexibility index (Phi) is 19.0. The van der Waals surface area contributed by atoms with Crippen molar-refractivity contribution in [2.24, 2.45) is 0 Å². The van der Waals surface area contributed by atoms with Gasteiger partial charge in [-0.15, -0.1) is 21.9 Å². The molecule has 0 heterocycles. The molecule has 0 bridgehead atoms. The molecule has 0 fully saturated rings. The van der Waals surface area contributed by atoms with Crippen molar-refractivity contribution in [3.63, 3.8) is 0 Å². The van der Waals surface area contributed by atoms with Crippen molar-refractivity contribution in [3.05, 3.63) is 111 Å². The second-order valence-electron chi connectivity index (χ2n) is 14.7. The molecule has 3 nitrogen and oxygen atoms in total. The summed E-state index contributed by atoms with van der Waals surface area (Å²) in [5, 5.41) is -1.97. The highest BCUT2D eigenvalue weighted by Crippen LogP contribution is 2.30. The number of benzene rings is 4. The second kappa shape index (κ2) is 22.5. The maximum atomic E-state index is 16.5. The van der Waals surface area contributed by atoms with E-state index < -0.39 is 165 Å². The van der Waals surface area contributed by atoms with Crippen molar-refractivity contribution < 1.29 is 97.2 Å². The first-order valence-corrected chi connectivity index (χ1v) is 22.4. The van der Waals surface area contributed by atoms with Gasteiger partial charge >= 0.3 is 8.56 Å². The number of unbranched alkanes of at least 4 members (excludes halogenated alkanes) is 3. The predicted molar refractivity (Wildman–Crippen MR) is 204 cm³/mol. The highest BCUT2D eigenvalue weighted by Gasteiger charge is 2.53. The lowest BCUT2D eigenvalue weighted by Crippen LogP contribution is -3.12. The molecule has 4 rings (SSSR count). The Morgan fingerprint density at radius 3 is 0.738 bits per heavy atom. The molecule has 4 aromatic rings.